The average Bonchev–Trinajstić information content (AvgIpc) is 2.68. The molecule has 1 fully saturated rings. The van der Waals surface area contributed by atoms with Gasteiger partial charge in [0.2, 0.25) is 0 Å². The van der Waals surface area contributed by atoms with Crippen molar-refractivity contribution in [3.63, 3.8) is 0 Å². The molecule has 18 heavy (non-hydrogen) atoms. The molecule has 3 N–H and O–H groups in total. The van der Waals surface area contributed by atoms with E-state index >= 15 is 0 Å². The number of aryl methyl sites for hydroxylation is 1. The fourth-order valence-electron chi connectivity index (χ4n) is 3.36. The van der Waals surface area contributed by atoms with Gasteiger partial charge in [0.05, 0.1) is 12.2 Å². The van der Waals surface area contributed by atoms with Gasteiger partial charge in [-0.1, -0.05) is 34.6 Å². The molecule has 0 bridgehead atoms. The molecule has 1 aromatic heterocycles. The van der Waals surface area contributed by atoms with E-state index in [9.17, 15) is 0 Å². The molecule has 0 amide bonds. The molecule has 4 heteroatoms. The summed E-state index contributed by atoms with van der Waals surface area (Å²) in [6.45, 7) is 12.4. The Labute approximate surface area is 110 Å². The minimum Gasteiger partial charge on any atom is -0.272 e. The minimum absolute atomic E-state index is 0.195. The lowest BCUT2D eigenvalue weighted by atomic mass is 10.00. The van der Waals surface area contributed by atoms with Crippen molar-refractivity contribution in [2.75, 3.05) is 0 Å². The van der Waals surface area contributed by atoms with E-state index in [0.717, 1.165) is 13.0 Å². The van der Waals surface area contributed by atoms with Gasteiger partial charge in [0.15, 0.2) is 0 Å². The summed E-state index contributed by atoms with van der Waals surface area (Å²) in [6.07, 6.45) is 5.17. The van der Waals surface area contributed by atoms with Crippen LogP contribution in [0, 0.1) is 16.7 Å². The summed E-state index contributed by atoms with van der Waals surface area (Å²) >= 11 is 0. The molecule has 0 aromatic carbocycles. The first-order valence-electron chi connectivity index (χ1n) is 6.84. The van der Waals surface area contributed by atoms with Crippen molar-refractivity contribution >= 4 is 0 Å². The van der Waals surface area contributed by atoms with Gasteiger partial charge in [0.1, 0.15) is 0 Å². The van der Waals surface area contributed by atoms with Crippen molar-refractivity contribution in [3.8, 4) is 0 Å². The molecule has 0 aliphatic heterocycles. The third-order valence-electron chi connectivity index (χ3n) is 5.11. The van der Waals surface area contributed by atoms with Crippen molar-refractivity contribution in [1.82, 2.24) is 15.2 Å². The van der Waals surface area contributed by atoms with Gasteiger partial charge in [-0.05, 0) is 23.2 Å². The fraction of sp³-hybridized carbons (Fsp3) is 0.786. The predicted molar refractivity (Wildman–Crippen MR) is 73.6 cm³/mol. The number of hydrogen-bond donors (Lipinski definition) is 2. The summed E-state index contributed by atoms with van der Waals surface area (Å²) in [4.78, 5) is 0. The molecule has 1 aliphatic rings. The molecule has 0 spiro atoms. The Morgan fingerprint density at radius 1 is 1.39 bits per heavy atom. The van der Waals surface area contributed by atoms with Gasteiger partial charge in [-0.25, -0.2) is 0 Å². The number of nitrogens with two attached hydrogens (primary N) is 1. The Kier molecular flexibility index (Phi) is 3.28. The van der Waals surface area contributed by atoms with Crippen LogP contribution in [0.3, 0.4) is 0 Å². The second kappa shape index (κ2) is 4.35. The zero-order chi connectivity index (χ0) is 13.6. The van der Waals surface area contributed by atoms with E-state index < -0.39 is 0 Å². The molecule has 0 saturated heterocycles. The van der Waals surface area contributed by atoms with Crippen LogP contribution in [-0.2, 0) is 6.54 Å². The summed E-state index contributed by atoms with van der Waals surface area (Å²) in [6, 6.07) is 0.195. The highest BCUT2D eigenvalue weighted by Gasteiger charge is 2.67. The van der Waals surface area contributed by atoms with Crippen LogP contribution in [-0.4, -0.2) is 9.78 Å². The van der Waals surface area contributed by atoms with E-state index in [0.29, 0.717) is 16.7 Å². The van der Waals surface area contributed by atoms with E-state index in [1.807, 2.05) is 10.9 Å². The predicted octanol–water partition coefficient (Wildman–Crippen LogP) is 2.48. The minimum atomic E-state index is 0.195. The van der Waals surface area contributed by atoms with Crippen molar-refractivity contribution in [3.05, 3.63) is 18.0 Å². The third-order valence-corrected chi connectivity index (χ3v) is 5.11. The van der Waals surface area contributed by atoms with Crippen LogP contribution in [0.4, 0.5) is 0 Å². The first-order chi connectivity index (χ1) is 8.36. The number of rotatable bonds is 5. The standard InChI is InChI=1S/C14H26N4/c1-6-7-18-9-10(8-16-18)11(17-15)12-13(2,3)14(12,4)5/h8-9,11-12,17H,6-7,15H2,1-5H3. The Balaban J connectivity index is 2.19. The first-order valence-corrected chi connectivity index (χ1v) is 6.84. The van der Waals surface area contributed by atoms with E-state index in [4.69, 9.17) is 5.84 Å². The summed E-state index contributed by atoms with van der Waals surface area (Å²) in [5.74, 6) is 6.33. The van der Waals surface area contributed by atoms with Crippen LogP contribution in [0.2, 0.25) is 0 Å². The maximum Gasteiger partial charge on any atom is 0.0538 e. The summed E-state index contributed by atoms with van der Waals surface area (Å²) < 4.78 is 2.00. The lowest BCUT2D eigenvalue weighted by molar-refractivity contribution is 0.417. The zero-order valence-electron chi connectivity index (χ0n) is 12.2. The summed E-state index contributed by atoms with van der Waals surface area (Å²) in [5, 5.41) is 4.40. The van der Waals surface area contributed by atoms with Crippen molar-refractivity contribution in [1.29, 1.82) is 0 Å². The Bertz CT molecular complexity index is 405. The first kappa shape index (κ1) is 13.6. The monoisotopic (exact) mass is 250 g/mol. The molecule has 102 valence electrons. The number of hydrogen-bond acceptors (Lipinski definition) is 3. The Hall–Kier alpha value is -0.870. The summed E-state index contributed by atoms with van der Waals surface area (Å²) in [5.41, 5.74) is 4.83. The van der Waals surface area contributed by atoms with E-state index in [2.05, 4.69) is 51.3 Å². The highest BCUT2D eigenvalue weighted by atomic mass is 15.3. The Morgan fingerprint density at radius 2 is 2.00 bits per heavy atom. The van der Waals surface area contributed by atoms with Crippen LogP contribution < -0.4 is 11.3 Å². The largest absolute Gasteiger partial charge is 0.272 e. The van der Waals surface area contributed by atoms with Gasteiger partial charge in [-0.15, -0.1) is 0 Å². The highest BCUT2D eigenvalue weighted by molar-refractivity contribution is 5.24. The van der Waals surface area contributed by atoms with Gasteiger partial charge in [-0.3, -0.25) is 16.0 Å². The second-order valence-electron chi connectivity index (χ2n) is 6.60. The number of aromatic nitrogens is 2. The average molecular weight is 250 g/mol. The quantitative estimate of drug-likeness (QED) is 0.623. The van der Waals surface area contributed by atoms with Crippen molar-refractivity contribution in [2.45, 2.75) is 53.6 Å². The number of nitrogens with one attached hydrogen (secondary N) is 1. The smallest absolute Gasteiger partial charge is 0.0538 e. The second-order valence-corrected chi connectivity index (χ2v) is 6.60. The number of hydrazine groups is 1. The lowest BCUT2D eigenvalue weighted by Gasteiger charge is -2.16. The highest BCUT2D eigenvalue weighted by Crippen LogP contribution is 2.72. The third kappa shape index (κ3) is 1.88. The molecule has 0 radical (unpaired) electrons. The van der Waals surface area contributed by atoms with Crippen LogP contribution in [0.25, 0.3) is 0 Å². The van der Waals surface area contributed by atoms with Gasteiger partial charge in [0.25, 0.3) is 0 Å². The van der Waals surface area contributed by atoms with E-state index in [1.165, 1.54) is 5.56 Å². The molecule has 1 aromatic rings. The van der Waals surface area contributed by atoms with Crippen LogP contribution in [0.15, 0.2) is 12.4 Å². The zero-order valence-corrected chi connectivity index (χ0v) is 12.2. The van der Waals surface area contributed by atoms with Gasteiger partial charge in [-0.2, -0.15) is 5.10 Å². The van der Waals surface area contributed by atoms with Gasteiger partial charge in [0, 0.05) is 18.3 Å². The van der Waals surface area contributed by atoms with Crippen LogP contribution in [0.1, 0.15) is 52.6 Å². The molecule has 1 atom stereocenters. The maximum atomic E-state index is 5.78. The lowest BCUT2D eigenvalue weighted by Crippen LogP contribution is -2.31. The molecule has 4 nitrogen and oxygen atoms in total. The van der Waals surface area contributed by atoms with E-state index in [-0.39, 0.29) is 6.04 Å². The van der Waals surface area contributed by atoms with Crippen LogP contribution >= 0.6 is 0 Å². The van der Waals surface area contributed by atoms with E-state index in [1.54, 1.807) is 0 Å². The van der Waals surface area contributed by atoms with Crippen LogP contribution in [0.5, 0.6) is 0 Å². The SMILES string of the molecule is CCCn1cc(C(NN)C2C(C)(C)C2(C)C)cn1. The maximum absolute atomic E-state index is 5.78. The number of nitrogens with zero attached hydrogens (tertiary/aromatic N) is 2. The topological polar surface area (TPSA) is 55.9 Å². The van der Waals surface area contributed by atoms with Crippen molar-refractivity contribution in [2.24, 2.45) is 22.6 Å². The fourth-order valence-corrected chi connectivity index (χ4v) is 3.36. The molecular weight excluding hydrogens is 224 g/mol. The molecular formula is C14H26N4. The summed E-state index contributed by atoms with van der Waals surface area (Å²) in [7, 11) is 0. The molecule has 1 aliphatic carbocycles. The normalized spacial score (nSPS) is 23.0. The Morgan fingerprint density at radius 3 is 2.44 bits per heavy atom. The molecule has 1 heterocycles. The van der Waals surface area contributed by atoms with Gasteiger partial charge >= 0.3 is 0 Å². The van der Waals surface area contributed by atoms with Crippen molar-refractivity contribution < 1.29 is 0 Å². The molecule has 2 rings (SSSR count). The molecule has 1 unspecified atom stereocenters. The molecule has 1 saturated carbocycles. The van der Waals surface area contributed by atoms with Gasteiger partial charge < -0.3 is 0 Å².